The molecule has 3 aromatic carbocycles. The lowest BCUT2D eigenvalue weighted by molar-refractivity contribution is -0.348. The molecule has 0 radical (unpaired) electrons. The number of carbonyl (C=O) groups is 2. The van der Waals surface area contributed by atoms with Crippen LogP contribution in [-0.4, -0.2) is 30.8 Å². The molecule has 0 fully saturated rings. The Morgan fingerprint density at radius 2 is 1.43 bits per heavy atom. The van der Waals surface area contributed by atoms with Gasteiger partial charge in [-0.15, -0.1) is 0 Å². The minimum Gasteiger partial charge on any atom is -0.320 e. The molecule has 0 aliphatic heterocycles. The maximum atomic E-state index is 15.6. The molecule has 42 heavy (non-hydrogen) atoms. The van der Waals surface area contributed by atoms with E-state index in [0.29, 0.717) is 0 Å². The van der Waals surface area contributed by atoms with Gasteiger partial charge >= 0.3 is 18.0 Å². The molecule has 0 aromatic heterocycles. The molecule has 0 atom stereocenters. The van der Waals surface area contributed by atoms with Crippen LogP contribution in [0.5, 0.6) is 0 Å². The summed E-state index contributed by atoms with van der Waals surface area (Å²) in [6.07, 6.45) is -12.8. The van der Waals surface area contributed by atoms with Gasteiger partial charge in [0, 0.05) is 20.1 Å². The van der Waals surface area contributed by atoms with Crippen molar-refractivity contribution in [1.82, 2.24) is 0 Å². The number of hydrogen-bond donors (Lipinski definition) is 1. The SMILES string of the molecule is [C-]#[N+]CN(C(=O)c1ccc([N+]#[C-])cc1)c1cccc(C(=O)Nc2c(Br)cc(C(F)(C(F)(F)F)C(F)(F)F)cc2Br)c1F. The van der Waals surface area contributed by atoms with Crippen LogP contribution in [-0.2, 0) is 5.67 Å². The number of halogens is 10. The van der Waals surface area contributed by atoms with E-state index in [2.05, 4.69) is 46.9 Å². The molecular formula is C26H12Br2F8N4O2. The molecule has 16 heteroatoms. The molecule has 1 N–H and O–H groups in total. The normalized spacial score (nSPS) is 11.8. The molecule has 3 aromatic rings. The largest absolute Gasteiger partial charge is 0.435 e. The Hall–Kier alpha value is -4.02. The van der Waals surface area contributed by atoms with Gasteiger partial charge in [-0.2, -0.15) is 26.3 Å². The Morgan fingerprint density at radius 3 is 1.90 bits per heavy atom. The van der Waals surface area contributed by atoms with E-state index in [1.54, 1.807) is 0 Å². The Labute approximate surface area is 248 Å². The molecule has 0 bridgehead atoms. The Bertz CT molecular complexity index is 1590. The highest BCUT2D eigenvalue weighted by atomic mass is 79.9. The third-order valence-electron chi connectivity index (χ3n) is 5.67. The molecule has 0 aliphatic rings. The number of nitrogens with one attached hydrogen (secondary N) is 1. The Morgan fingerprint density at radius 1 is 0.881 bits per heavy atom. The van der Waals surface area contributed by atoms with Crippen molar-refractivity contribution in [3.05, 3.63) is 109 Å². The highest BCUT2D eigenvalue weighted by Gasteiger charge is 2.73. The van der Waals surface area contributed by atoms with Crippen molar-refractivity contribution < 1.29 is 44.7 Å². The molecule has 0 saturated heterocycles. The Kier molecular flexibility index (Phi) is 9.34. The second-order valence-corrected chi connectivity index (χ2v) is 9.96. The maximum absolute atomic E-state index is 15.6. The molecule has 0 unspecified atom stereocenters. The molecule has 0 heterocycles. The lowest BCUT2D eigenvalue weighted by atomic mass is 9.94. The van der Waals surface area contributed by atoms with E-state index >= 15 is 4.39 Å². The topological polar surface area (TPSA) is 58.1 Å². The van der Waals surface area contributed by atoms with E-state index in [4.69, 9.17) is 13.1 Å². The van der Waals surface area contributed by atoms with Crippen LogP contribution in [0.1, 0.15) is 26.3 Å². The third-order valence-corrected chi connectivity index (χ3v) is 6.92. The van der Waals surface area contributed by atoms with Crippen molar-refractivity contribution in [1.29, 1.82) is 0 Å². The Balaban J connectivity index is 2.00. The predicted octanol–water partition coefficient (Wildman–Crippen LogP) is 8.97. The third kappa shape index (κ3) is 6.10. The van der Waals surface area contributed by atoms with E-state index in [1.807, 2.05) is 0 Å². The smallest absolute Gasteiger partial charge is 0.320 e. The molecular weight excluding hydrogens is 712 g/mol. The maximum Gasteiger partial charge on any atom is 0.435 e. The lowest BCUT2D eigenvalue weighted by Gasteiger charge is -2.31. The summed E-state index contributed by atoms with van der Waals surface area (Å²) in [6, 6.07) is 8.78. The molecule has 0 saturated carbocycles. The number of benzene rings is 3. The zero-order valence-corrected chi connectivity index (χ0v) is 23.5. The predicted molar refractivity (Wildman–Crippen MR) is 142 cm³/mol. The number of anilines is 2. The van der Waals surface area contributed by atoms with Gasteiger partial charge in [0.2, 0.25) is 0 Å². The highest BCUT2D eigenvalue weighted by Crippen LogP contribution is 2.54. The summed E-state index contributed by atoms with van der Waals surface area (Å²) in [5.74, 6) is -3.38. The van der Waals surface area contributed by atoms with Crippen molar-refractivity contribution in [3.8, 4) is 0 Å². The minimum absolute atomic E-state index is 0.00471. The van der Waals surface area contributed by atoms with Crippen LogP contribution in [0.15, 0.2) is 63.5 Å². The summed E-state index contributed by atoms with van der Waals surface area (Å²) in [7, 11) is 0. The summed E-state index contributed by atoms with van der Waals surface area (Å²) in [5, 5.41) is 2.11. The van der Waals surface area contributed by atoms with Crippen molar-refractivity contribution in [2.45, 2.75) is 18.0 Å². The minimum atomic E-state index is -6.38. The zero-order chi connectivity index (χ0) is 31.6. The second kappa shape index (κ2) is 12.1. The fraction of sp³-hybridized carbons (Fsp3) is 0.154. The van der Waals surface area contributed by atoms with Gasteiger partial charge in [-0.1, -0.05) is 30.3 Å². The van der Waals surface area contributed by atoms with Gasteiger partial charge in [0.15, 0.2) is 11.5 Å². The highest BCUT2D eigenvalue weighted by molar-refractivity contribution is 9.11. The van der Waals surface area contributed by atoms with Gasteiger partial charge in [-0.25, -0.2) is 25.1 Å². The van der Waals surface area contributed by atoms with Crippen molar-refractivity contribution in [3.63, 3.8) is 0 Å². The summed E-state index contributed by atoms with van der Waals surface area (Å²) < 4.78 is 108. The monoisotopic (exact) mass is 722 g/mol. The number of amides is 2. The first-order valence-electron chi connectivity index (χ1n) is 11.0. The zero-order valence-electron chi connectivity index (χ0n) is 20.3. The van der Waals surface area contributed by atoms with Crippen LogP contribution >= 0.6 is 31.9 Å². The first-order valence-corrected chi connectivity index (χ1v) is 12.6. The van der Waals surface area contributed by atoms with Crippen molar-refractivity contribution in [2.24, 2.45) is 0 Å². The first-order chi connectivity index (χ1) is 19.5. The average Bonchev–Trinajstić information content (AvgIpc) is 2.91. The fourth-order valence-electron chi connectivity index (χ4n) is 3.62. The molecule has 2 amide bonds. The summed E-state index contributed by atoms with van der Waals surface area (Å²) in [6.45, 7) is 13.5. The van der Waals surface area contributed by atoms with Gasteiger partial charge in [0.1, 0.15) is 0 Å². The molecule has 0 spiro atoms. The van der Waals surface area contributed by atoms with E-state index in [-0.39, 0.29) is 23.4 Å². The number of carbonyl (C=O) groups excluding carboxylic acids is 2. The summed E-state index contributed by atoms with van der Waals surface area (Å²) >= 11 is 5.43. The fourth-order valence-corrected chi connectivity index (χ4v) is 5.00. The number of alkyl halides is 7. The van der Waals surface area contributed by atoms with Crippen LogP contribution < -0.4 is 10.2 Å². The standard InChI is InChI=1S/C26H12Br2F8N4O2/c1-37-12-40(23(42)13-6-8-15(38-2)9-7-13)19-5-3-4-16(20(19)29)22(41)39-21-17(27)10-14(11-18(21)28)24(30,25(31,32)33)26(34,35)36/h3-11H,12H2,(H,39,41). The average molecular weight is 724 g/mol. The second-order valence-electron chi connectivity index (χ2n) is 8.25. The van der Waals surface area contributed by atoms with Crippen LogP contribution in [0.4, 0.5) is 52.2 Å². The van der Waals surface area contributed by atoms with Crippen molar-refractivity contribution >= 4 is 60.7 Å². The summed E-state index contributed by atoms with van der Waals surface area (Å²) in [4.78, 5) is 33.0. The van der Waals surface area contributed by atoms with Gasteiger partial charge in [-0.05, 0) is 56.1 Å². The lowest BCUT2D eigenvalue weighted by Crippen LogP contribution is -2.50. The van der Waals surface area contributed by atoms with Crippen LogP contribution in [0.25, 0.3) is 9.69 Å². The van der Waals surface area contributed by atoms with Crippen LogP contribution in [0, 0.1) is 19.0 Å². The van der Waals surface area contributed by atoms with Gasteiger partial charge in [-0.3, -0.25) is 14.4 Å². The van der Waals surface area contributed by atoms with Crippen LogP contribution in [0.3, 0.4) is 0 Å². The first kappa shape index (κ1) is 32.5. The van der Waals surface area contributed by atoms with E-state index < -0.39 is 73.8 Å². The van der Waals surface area contributed by atoms with E-state index in [0.717, 1.165) is 23.1 Å². The molecule has 6 nitrogen and oxygen atoms in total. The van der Waals surface area contributed by atoms with E-state index in [1.165, 1.54) is 24.3 Å². The summed E-state index contributed by atoms with van der Waals surface area (Å²) in [5.41, 5.74) is -9.05. The van der Waals surface area contributed by atoms with Gasteiger partial charge < -0.3 is 5.32 Å². The van der Waals surface area contributed by atoms with Crippen LogP contribution in [0.2, 0.25) is 0 Å². The molecule has 0 aliphatic carbocycles. The number of nitrogens with zero attached hydrogens (tertiary/aromatic N) is 3. The quantitative estimate of drug-likeness (QED) is 0.204. The van der Waals surface area contributed by atoms with E-state index in [9.17, 15) is 40.3 Å². The van der Waals surface area contributed by atoms with Gasteiger partial charge in [0.25, 0.3) is 18.5 Å². The van der Waals surface area contributed by atoms with Crippen molar-refractivity contribution in [2.75, 3.05) is 16.9 Å². The van der Waals surface area contributed by atoms with Gasteiger partial charge in [0.05, 0.1) is 23.5 Å². The number of rotatable bonds is 6. The molecule has 218 valence electrons. The number of hydrogen-bond acceptors (Lipinski definition) is 2. The molecule has 3 rings (SSSR count).